The molecule has 2 aromatic heterocycles. The fourth-order valence-electron chi connectivity index (χ4n) is 4.48. The van der Waals surface area contributed by atoms with Crippen LogP contribution < -0.4 is 10.2 Å². The second-order valence-corrected chi connectivity index (χ2v) is 9.09. The van der Waals surface area contributed by atoms with Gasteiger partial charge in [0.25, 0.3) is 5.91 Å². The Labute approximate surface area is 198 Å². The number of nitrogens with zero attached hydrogens (tertiary/aromatic N) is 3. The van der Waals surface area contributed by atoms with Crippen LogP contribution in [-0.2, 0) is 14.3 Å². The number of ether oxygens (including phenoxy) is 1. The predicted molar refractivity (Wildman–Crippen MR) is 124 cm³/mol. The monoisotopic (exact) mass is 479 g/mol. The smallest absolute Gasteiger partial charge is 0.354 e. The van der Waals surface area contributed by atoms with Crippen LogP contribution in [0.4, 0.5) is 10.8 Å². The highest BCUT2D eigenvalue weighted by atomic mass is 32.1. The van der Waals surface area contributed by atoms with E-state index in [2.05, 4.69) is 20.0 Å². The van der Waals surface area contributed by atoms with Crippen LogP contribution in [0, 0.1) is 0 Å². The number of aromatic nitrogens is 2. The number of para-hydroxylation sites is 1. The molecule has 0 spiro atoms. The van der Waals surface area contributed by atoms with E-state index >= 15 is 0 Å². The van der Waals surface area contributed by atoms with E-state index in [4.69, 9.17) is 0 Å². The zero-order valence-electron chi connectivity index (χ0n) is 18.5. The Morgan fingerprint density at radius 2 is 2.09 bits per heavy atom. The van der Waals surface area contributed by atoms with Crippen LogP contribution in [0.2, 0.25) is 0 Å². The van der Waals surface area contributed by atoms with Gasteiger partial charge in [-0.05, 0) is 31.5 Å². The summed E-state index contributed by atoms with van der Waals surface area (Å²) in [5.41, 5.74) is 1.61. The molecule has 1 aromatic carbocycles. The number of fused-ring (bicyclic) bond motifs is 3. The van der Waals surface area contributed by atoms with Crippen LogP contribution >= 0.6 is 11.3 Å². The SMILES string of the molecule is COC(=O)c1cc(-c2csc(NC(=O)CN3C(=O)c4ccccc4N4C(=O)CCC34C)n2)c[nH]1. The molecule has 0 aliphatic carbocycles. The highest BCUT2D eigenvalue weighted by Gasteiger charge is 2.53. The van der Waals surface area contributed by atoms with Crippen molar-refractivity contribution in [3.8, 4) is 11.3 Å². The first-order chi connectivity index (χ1) is 16.3. The number of methoxy groups -OCH3 is 1. The molecule has 1 saturated heterocycles. The number of hydrogen-bond acceptors (Lipinski definition) is 7. The number of carbonyl (C=O) groups excluding carboxylic acids is 4. The number of rotatable bonds is 5. The number of carbonyl (C=O) groups is 4. The van der Waals surface area contributed by atoms with Crippen molar-refractivity contribution >= 4 is 45.8 Å². The number of amides is 3. The molecule has 2 aliphatic heterocycles. The second kappa shape index (κ2) is 8.10. The van der Waals surface area contributed by atoms with Crippen LogP contribution in [0.5, 0.6) is 0 Å². The zero-order valence-corrected chi connectivity index (χ0v) is 19.3. The molecule has 0 saturated carbocycles. The van der Waals surface area contributed by atoms with E-state index in [1.54, 1.807) is 46.8 Å². The van der Waals surface area contributed by atoms with Gasteiger partial charge in [0.15, 0.2) is 5.13 Å². The third-order valence-corrected chi connectivity index (χ3v) is 6.94. The minimum atomic E-state index is -0.913. The summed E-state index contributed by atoms with van der Waals surface area (Å²) in [6, 6.07) is 8.57. The van der Waals surface area contributed by atoms with Crippen molar-refractivity contribution < 1.29 is 23.9 Å². The number of benzene rings is 1. The molecule has 0 bridgehead atoms. The van der Waals surface area contributed by atoms with Gasteiger partial charge in [-0.3, -0.25) is 19.3 Å². The fraction of sp³-hybridized carbons (Fsp3) is 0.261. The standard InChI is InChI=1S/C23H21N5O5S/c1-23-8-7-19(30)28(23)17-6-4-3-5-14(17)20(31)27(23)11-18(29)26-22-25-16(12-34-22)13-9-15(24-10-13)21(32)33-2/h3-6,9-10,12,24H,7-8,11H2,1-2H3,(H,25,26,29). The van der Waals surface area contributed by atoms with Gasteiger partial charge in [-0.25, -0.2) is 9.78 Å². The normalized spacial score (nSPS) is 19.1. The summed E-state index contributed by atoms with van der Waals surface area (Å²) >= 11 is 1.23. The van der Waals surface area contributed by atoms with E-state index in [9.17, 15) is 19.2 Å². The number of H-pyrrole nitrogens is 1. The van der Waals surface area contributed by atoms with Crippen LogP contribution in [0.25, 0.3) is 11.3 Å². The molecule has 3 aromatic rings. The molecular formula is C23H21N5O5S. The van der Waals surface area contributed by atoms with Crippen molar-refractivity contribution in [1.82, 2.24) is 14.9 Å². The lowest BCUT2D eigenvalue weighted by atomic mass is 9.98. The second-order valence-electron chi connectivity index (χ2n) is 8.23. The molecule has 11 heteroatoms. The summed E-state index contributed by atoms with van der Waals surface area (Å²) in [4.78, 5) is 60.8. The molecule has 1 unspecified atom stereocenters. The van der Waals surface area contributed by atoms with Crippen molar-refractivity contribution in [2.75, 3.05) is 23.9 Å². The first-order valence-electron chi connectivity index (χ1n) is 10.6. The van der Waals surface area contributed by atoms with Gasteiger partial charge in [0, 0.05) is 23.6 Å². The number of thiazole rings is 1. The van der Waals surface area contributed by atoms with Crippen molar-refractivity contribution in [2.45, 2.75) is 25.4 Å². The molecule has 3 amide bonds. The maximum Gasteiger partial charge on any atom is 0.354 e. The van der Waals surface area contributed by atoms with Gasteiger partial charge in [-0.1, -0.05) is 12.1 Å². The molecule has 5 rings (SSSR count). The zero-order chi connectivity index (χ0) is 24.0. The number of nitrogens with one attached hydrogen (secondary N) is 2. The Kier molecular flexibility index (Phi) is 5.20. The quantitative estimate of drug-likeness (QED) is 0.542. The van der Waals surface area contributed by atoms with E-state index in [0.29, 0.717) is 46.2 Å². The van der Waals surface area contributed by atoms with Gasteiger partial charge in [0.1, 0.15) is 17.9 Å². The van der Waals surface area contributed by atoms with Crippen LogP contribution in [0.15, 0.2) is 41.9 Å². The van der Waals surface area contributed by atoms with Gasteiger partial charge < -0.3 is 19.9 Å². The van der Waals surface area contributed by atoms with Gasteiger partial charge >= 0.3 is 5.97 Å². The Hall–Kier alpha value is -3.99. The van der Waals surface area contributed by atoms with E-state index in [0.717, 1.165) is 0 Å². The molecule has 0 radical (unpaired) electrons. The molecule has 4 heterocycles. The molecular weight excluding hydrogens is 458 g/mol. The summed E-state index contributed by atoms with van der Waals surface area (Å²) in [6.45, 7) is 1.59. The Bertz CT molecular complexity index is 1330. The summed E-state index contributed by atoms with van der Waals surface area (Å²) in [6.07, 6.45) is 2.37. The number of esters is 1. The lowest BCUT2D eigenvalue weighted by Gasteiger charge is -2.48. The summed E-state index contributed by atoms with van der Waals surface area (Å²) in [7, 11) is 1.30. The van der Waals surface area contributed by atoms with Crippen molar-refractivity contribution in [3.05, 3.63) is 53.2 Å². The summed E-state index contributed by atoms with van der Waals surface area (Å²) in [5.74, 6) is -1.27. The minimum Gasteiger partial charge on any atom is -0.464 e. The van der Waals surface area contributed by atoms with Gasteiger partial charge in [0.2, 0.25) is 11.8 Å². The average Bonchev–Trinajstić information content (AvgIpc) is 3.56. The highest BCUT2D eigenvalue weighted by Crippen LogP contribution is 2.43. The van der Waals surface area contributed by atoms with Crippen LogP contribution in [0.1, 0.15) is 40.6 Å². The number of anilines is 2. The van der Waals surface area contributed by atoms with E-state index in [-0.39, 0.29) is 18.4 Å². The first-order valence-corrected chi connectivity index (χ1v) is 11.5. The topological polar surface area (TPSA) is 125 Å². The Morgan fingerprint density at radius 3 is 2.88 bits per heavy atom. The van der Waals surface area contributed by atoms with Gasteiger partial charge in [-0.2, -0.15) is 0 Å². The molecule has 10 nitrogen and oxygen atoms in total. The van der Waals surface area contributed by atoms with Gasteiger partial charge in [-0.15, -0.1) is 11.3 Å². The van der Waals surface area contributed by atoms with Crippen molar-refractivity contribution in [2.24, 2.45) is 0 Å². The lowest BCUT2D eigenvalue weighted by molar-refractivity contribution is -0.120. The van der Waals surface area contributed by atoms with Crippen molar-refractivity contribution in [3.63, 3.8) is 0 Å². The maximum absolute atomic E-state index is 13.3. The third-order valence-electron chi connectivity index (χ3n) is 6.18. The maximum atomic E-state index is 13.3. The molecule has 34 heavy (non-hydrogen) atoms. The molecule has 2 aliphatic rings. The van der Waals surface area contributed by atoms with Crippen LogP contribution in [-0.4, -0.2) is 57.9 Å². The van der Waals surface area contributed by atoms with E-state index < -0.39 is 17.5 Å². The average molecular weight is 480 g/mol. The Balaban J connectivity index is 1.34. The third kappa shape index (κ3) is 3.45. The Morgan fingerprint density at radius 1 is 1.29 bits per heavy atom. The number of hydrogen-bond donors (Lipinski definition) is 2. The molecule has 1 fully saturated rings. The number of aromatic amines is 1. The van der Waals surface area contributed by atoms with Crippen LogP contribution in [0.3, 0.4) is 0 Å². The lowest BCUT2D eigenvalue weighted by Crippen LogP contribution is -2.63. The van der Waals surface area contributed by atoms with Crippen molar-refractivity contribution in [1.29, 1.82) is 0 Å². The van der Waals surface area contributed by atoms with E-state index in [1.807, 2.05) is 6.92 Å². The van der Waals surface area contributed by atoms with Gasteiger partial charge in [0.05, 0.1) is 24.1 Å². The van der Waals surface area contributed by atoms with E-state index in [1.165, 1.54) is 23.3 Å². The fourth-order valence-corrected chi connectivity index (χ4v) is 5.21. The minimum absolute atomic E-state index is 0.0738. The molecule has 2 N–H and O–H groups in total. The summed E-state index contributed by atoms with van der Waals surface area (Å²) in [5, 5.41) is 4.85. The molecule has 174 valence electrons. The largest absolute Gasteiger partial charge is 0.464 e. The highest BCUT2D eigenvalue weighted by molar-refractivity contribution is 7.14. The predicted octanol–water partition coefficient (Wildman–Crippen LogP) is 2.86. The first kappa shape index (κ1) is 21.8. The summed E-state index contributed by atoms with van der Waals surface area (Å²) < 4.78 is 4.69. The molecule has 1 atom stereocenters.